The second-order valence-electron chi connectivity index (χ2n) is 9.20. The number of aromatic nitrogens is 1. The van der Waals surface area contributed by atoms with Gasteiger partial charge in [0.1, 0.15) is 22.1 Å². The Morgan fingerprint density at radius 2 is 1.85 bits per heavy atom. The summed E-state index contributed by atoms with van der Waals surface area (Å²) in [5, 5.41) is 16.3. The molecule has 0 saturated carbocycles. The minimum absolute atomic E-state index is 0.0430. The zero-order valence-corrected chi connectivity index (χ0v) is 21.7. The molecule has 1 aromatic heterocycles. The molecule has 2 aromatic carbocycles. The van der Waals surface area contributed by atoms with Gasteiger partial charge in [-0.2, -0.15) is 5.26 Å². The van der Waals surface area contributed by atoms with Crippen LogP contribution < -0.4 is 31.1 Å². The molecule has 1 unspecified atom stereocenters. The molecule has 4 N–H and O–H groups in total. The summed E-state index contributed by atoms with van der Waals surface area (Å²) in [6.45, 7) is 4.34. The molecule has 11 heteroatoms. The molecule has 200 valence electrons. The van der Waals surface area contributed by atoms with E-state index in [1.165, 1.54) is 42.5 Å². The summed E-state index contributed by atoms with van der Waals surface area (Å²) in [5.41, 5.74) is 5.95. The lowest BCUT2D eigenvalue weighted by molar-refractivity contribution is -0.116. The van der Waals surface area contributed by atoms with E-state index >= 15 is 4.39 Å². The predicted octanol–water partition coefficient (Wildman–Crippen LogP) is 0.637. The normalized spacial score (nSPS) is 18.1. The fourth-order valence-electron chi connectivity index (χ4n) is 4.88. The Morgan fingerprint density at radius 1 is 1.15 bits per heavy atom. The van der Waals surface area contributed by atoms with Crippen molar-refractivity contribution in [1.82, 2.24) is 20.1 Å². The summed E-state index contributed by atoms with van der Waals surface area (Å²) in [4.78, 5) is 29.4. The number of carbonyl (C=O) groups excluding carboxylic acids is 1. The molecule has 2 aliphatic heterocycles. The van der Waals surface area contributed by atoms with Crippen LogP contribution in [0.5, 0.6) is 0 Å². The summed E-state index contributed by atoms with van der Waals surface area (Å²) < 4.78 is 30.9. The number of nitrogens with zero attached hydrogens (tertiary/aromatic N) is 3. The highest BCUT2D eigenvalue weighted by molar-refractivity contribution is 7.07. The molecule has 5 rings (SSSR count). The SMILES string of the molecule is N#CC1=C(N)n2c(s/c(=C\c3ccccc3F)c2=O)=C(C(=O)NCCN2CCNCC2)C1c1ccccc1F. The molecule has 2 aliphatic rings. The maximum absolute atomic E-state index is 15.1. The molecule has 1 fully saturated rings. The molecule has 1 amide bonds. The lowest BCUT2D eigenvalue weighted by atomic mass is 9.83. The molecule has 0 radical (unpaired) electrons. The number of amides is 1. The quantitative estimate of drug-likeness (QED) is 0.417. The number of nitrogens with two attached hydrogens (primary N) is 1. The van der Waals surface area contributed by atoms with Crippen molar-refractivity contribution in [2.24, 2.45) is 5.73 Å². The van der Waals surface area contributed by atoms with Crippen LogP contribution in [0.3, 0.4) is 0 Å². The van der Waals surface area contributed by atoms with Gasteiger partial charge in [0.05, 0.1) is 27.7 Å². The summed E-state index contributed by atoms with van der Waals surface area (Å²) in [5.74, 6) is -2.98. The van der Waals surface area contributed by atoms with Crippen LogP contribution in [0.1, 0.15) is 17.0 Å². The number of thiazole rings is 1. The Labute approximate surface area is 227 Å². The minimum atomic E-state index is -1.13. The van der Waals surface area contributed by atoms with E-state index in [-0.39, 0.29) is 37.3 Å². The smallest absolute Gasteiger partial charge is 0.274 e. The lowest BCUT2D eigenvalue weighted by Gasteiger charge is -2.28. The maximum Gasteiger partial charge on any atom is 0.274 e. The Balaban J connectivity index is 1.68. The molecule has 3 heterocycles. The van der Waals surface area contributed by atoms with Crippen LogP contribution in [0.15, 0.2) is 58.9 Å². The average Bonchev–Trinajstić information content (AvgIpc) is 3.26. The number of hydrogen-bond donors (Lipinski definition) is 3. The zero-order chi connectivity index (χ0) is 27.5. The molecular formula is C28H26F2N6O2S. The topological polar surface area (TPSA) is 116 Å². The van der Waals surface area contributed by atoms with Crippen LogP contribution in [-0.2, 0) is 4.79 Å². The van der Waals surface area contributed by atoms with Crippen molar-refractivity contribution in [2.45, 2.75) is 5.92 Å². The van der Waals surface area contributed by atoms with Crippen molar-refractivity contribution >= 4 is 34.7 Å². The number of benzene rings is 2. The van der Waals surface area contributed by atoms with Crippen LogP contribution in [-0.4, -0.2) is 54.6 Å². The van der Waals surface area contributed by atoms with E-state index < -0.39 is 29.0 Å². The molecule has 3 aromatic rings. The Bertz CT molecular complexity index is 1680. The van der Waals surface area contributed by atoms with Crippen molar-refractivity contribution in [2.75, 3.05) is 39.3 Å². The summed E-state index contributed by atoms with van der Waals surface area (Å²) >= 11 is 0.950. The maximum atomic E-state index is 15.1. The monoisotopic (exact) mass is 548 g/mol. The van der Waals surface area contributed by atoms with Gasteiger partial charge in [0.2, 0.25) is 0 Å². The van der Waals surface area contributed by atoms with Gasteiger partial charge in [0, 0.05) is 50.4 Å². The van der Waals surface area contributed by atoms with Crippen LogP contribution in [0.2, 0.25) is 0 Å². The van der Waals surface area contributed by atoms with Gasteiger partial charge in [-0.3, -0.25) is 19.1 Å². The standard InChI is InChI=1S/C28H26F2N6O2S/c29-20-7-3-1-5-17(20)15-22-27(38)36-25(32)19(16-31)23(18-6-2-4-8-21(18)30)24(28(36)39-22)26(37)34-11-14-35-12-9-33-10-13-35/h1-8,15,23,33H,9-14,32H2,(H,34,37)/b22-15-. The summed E-state index contributed by atoms with van der Waals surface area (Å²) in [6.07, 6.45) is 1.38. The second kappa shape index (κ2) is 11.3. The first kappa shape index (κ1) is 26.5. The highest BCUT2D eigenvalue weighted by Gasteiger charge is 2.36. The Hall–Kier alpha value is -4.11. The van der Waals surface area contributed by atoms with Crippen molar-refractivity contribution in [3.05, 3.63) is 96.4 Å². The number of halogens is 2. The first-order valence-corrected chi connectivity index (χ1v) is 13.3. The van der Waals surface area contributed by atoms with Crippen molar-refractivity contribution in [3.8, 4) is 6.07 Å². The van der Waals surface area contributed by atoms with Crippen LogP contribution in [0, 0.1) is 23.0 Å². The van der Waals surface area contributed by atoms with Crippen LogP contribution >= 0.6 is 11.3 Å². The third kappa shape index (κ3) is 5.14. The molecular weight excluding hydrogens is 522 g/mol. The molecule has 39 heavy (non-hydrogen) atoms. The third-order valence-electron chi connectivity index (χ3n) is 6.84. The zero-order valence-electron chi connectivity index (χ0n) is 20.9. The molecule has 0 spiro atoms. The Kier molecular flexibility index (Phi) is 7.70. The Morgan fingerprint density at radius 3 is 2.54 bits per heavy atom. The molecule has 0 bridgehead atoms. The number of fused-ring (bicyclic) bond motifs is 1. The summed E-state index contributed by atoms with van der Waals surface area (Å²) in [6, 6.07) is 13.8. The third-order valence-corrected chi connectivity index (χ3v) is 7.95. The molecule has 1 saturated heterocycles. The first-order chi connectivity index (χ1) is 18.9. The van der Waals surface area contributed by atoms with Gasteiger partial charge in [-0.05, 0) is 18.2 Å². The lowest BCUT2D eigenvalue weighted by Crippen LogP contribution is -2.47. The van der Waals surface area contributed by atoms with Gasteiger partial charge in [0.15, 0.2) is 0 Å². The van der Waals surface area contributed by atoms with Crippen molar-refractivity contribution in [1.29, 1.82) is 5.26 Å². The van der Waals surface area contributed by atoms with Gasteiger partial charge in [-0.25, -0.2) is 8.78 Å². The molecule has 0 aliphatic carbocycles. The number of hydrogen-bond acceptors (Lipinski definition) is 7. The summed E-state index contributed by atoms with van der Waals surface area (Å²) in [7, 11) is 0. The van der Waals surface area contributed by atoms with E-state index in [9.17, 15) is 19.2 Å². The number of nitriles is 1. The second-order valence-corrected chi connectivity index (χ2v) is 10.2. The fraction of sp³-hybridized carbons (Fsp3) is 0.250. The highest BCUT2D eigenvalue weighted by Crippen LogP contribution is 2.37. The van der Waals surface area contributed by atoms with E-state index in [2.05, 4.69) is 15.5 Å². The largest absolute Gasteiger partial charge is 0.384 e. The van der Waals surface area contributed by atoms with Crippen LogP contribution in [0.4, 0.5) is 8.78 Å². The van der Waals surface area contributed by atoms with Gasteiger partial charge < -0.3 is 16.4 Å². The number of carbonyl (C=O) groups is 1. The average molecular weight is 549 g/mol. The van der Waals surface area contributed by atoms with Crippen molar-refractivity contribution in [3.63, 3.8) is 0 Å². The number of piperazine rings is 1. The van der Waals surface area contributed by atoms with E-state index in [0.717, 1.165) is 42.1 Å². The van der Waals surface area contributed by atoms with Gasteiger partial charge in [-0.1, -0.05) is 36.4 Å². The van der Waals surface area contributed by atoms with E-state index in [0.29, 0.717) is 13.1 Å². The minimum Gasteiger partial charge on any atom is -0.384 e. The van der Waals surface area contributed by atoms with Crippen molar-refractivity contribution < 1.29 is 13.6 Å². The number of nitrogens with one attached hydrogen (secondary N) is 2. The number of rotatable bonds is 6. The van der Waals surface area contributed by atoms with E-state index in [1.54, 1.807) is 12.1 Å². The number of allylic oxidation sites excluding steroid dienone is 1. The highest BCUT2D eigenvalue weighted by atomic mass is 32.1. The van der Waals surface area contributed by atoms with Gasteiger partial charge >= 0.3 is 0 Å². The first-order valence-electron chi connectivity index (χ1n) is 12.5. The van der Waals surface area contributed by atoms with Gasteiger partial charge in [-0.15, -0.1) is 11.3 Å². The molecule has 1 atom stereocenters. The predicted molar refractivity (Wildman–Crippen MR) is 146 cm³/mol. The van der Waals surface area contributed by atoms with Gasteiger partial charge in [0.25, 0.3) is 11.5 Å². The molecule has 8 nitrogen and oxygen atoms in total. The van der Waals surface area contributed by atoms with E-state index in [1.807, 2.05) is 6.07 Å². The fourth-order valence-corrected chi connectivity index (χ4v) is 6.04. The van der Waals surface area contributed by atoms with Crippen LogP contribution in [0.25, 0.3) is 17.5 Å². The van der Waals surface area contributed by atoms with E-state index in [4.69, 9.17) is 5.73 Å².